The number of benzene rings is 1. The van der Waals surface area contributed by atoms with Crippen LogP contribution >= 0.6 is 15.9 Å². The molecule has 4 nitrogen and oxygen atoms in total. The molecule has 86 valence electrons. The summed E-state index contributed by atoms with van der Waals surface area (Å²) in [5, 5.41) is 18.8. The molecule has 1 amide bonds. The average Bonchev–Trinajstić information content (AvgIpc) is 2.68. The fraction of sp³-hybridized carbons (Fsp3) is 0.364. The second-order valence-electron chi connectivity index (χ2n) is 3.86. The Kier molecular flexibility index (Phi) is 3.16. The largest absolute Gasteiger partial charge is 0.507 e. The van der Waals surface area contributed by atoms with Crippen molar-refractivity contribution in [3.63, 3.8) is 0 Å². The van der Waals surface area contributed by atoms with Crippen molar-refractivity contribution >= 4 is 21.8 Å². The summed E-state index contributed by atoms with van der Waals surface area (Å²) < 4.78 is 0.561. The molecule has 0 spiro atoms. The Morgan fingerprint density at radius 3 is 2.81 bits per heavy atom. The third kappa shape index (κ3) is 2.20. The van der Waals surface area contributed by atoms with Crippen molar-refractivity contribution in [3.8, 4) is 5.75 Å². The Morgan fingerprint density at radius 2 is 2.25 bits per heavy atom. The van der Waals surface area contributed by atoms with Gasteiger partial charge in [0.05, 0.1) is 10.6 Å². The number of β-amino-alcohol motifs (C(OH)–C–C–N with tert-alkyl or cyclic N) is 1. The third-order valence-corrected chi connectivity index (χ3v) is 3.31. The monoisotopic (exact) mass is 285 g/mol. The van der Waals surface area contributed by atoms with Crippen LogP contribution in [0.2, 0.25) is 0 Å². The van der Waals surface area contributed by atoms with E-state index in [-0.39, 0.29) is 11.7 Å². The number of likely N-dealkylation sites (tertiary alicyclic amines) is 1. The number of phenols is 1. The van der Waals surface area contributed by atoms with Crippen molar-refractivity contribution in [1.29, 1.82) is 0 Å². The predicted octanol–water partition coefficient (Wildman–Crippen LogP) is 1.36. The van der Waals surface area contributed by atoms with Gasteiger partial charge in [0.25, 0.3) is 5.91 Å². The van der Waals surface area contributed by atoms with E-state index in [1.807, 2.05) is 0 Å². The molecule has 0 unspecified atom stereocenters. The Bertz CT molecular complexity index is 422. The van der Waals surface area contributed by atoms with Crippen molar-refractivity contribution in [2.75, 3.05) is 13.1 Å². The highest BCUT2D eigenvalue weighted by Crippen LogP contribution is 2.25. The summed E-state index contributed by atoms with van der Waals surface area (Å²) in [6.07, 6.45) is 0.196. The van der Waals surface area contributed by atoms with E-state index in [1.54, 1.807) is 17.0 Å². The van der Waals surface area contributed by atoms with Gasteiger partial charge in [-0.05, 0) is 40.5 Å². The molecular formula is C11H12BrNO3. The molecule has 0 aliphatic carbocycles. The summed E-state index contributed by atoms with van der Waals surface area (Å²) in [7, 11) is 0. The lowest BCUT2D eigenvalue weighted by atomic mass is 10.2. The van der Waals surface area contributed by atoms with E-state index >= 15 is 0 Å². The summed E-state index contributed by atoms with van der Waals surface area (Å²) in [4.78, 5) is 13.5. The van der Waals surface area contributed by atoms with E-state index in [0.717, 1.165) is 0 Å². The zero-order valence-electron chi connectivity index (χ0n) is 8.56. The minimum absolute atomic E-state index is 0.0468. The molecule has 2 rings (SSSR count). The van der Waals surface area contributed by atoms with E-state index in [1.165, 1.54) is 6.07 Å². The van der Waals surface area contributed by atoms with Crippen molar-refractivity contribution in [2.24, 2.45) is 0 Å². The maximum atomic E-state index is 11.9. The Morgan fingerprint density at radius 1 is 1.50 bits per heavy atom. The molecule has 2 N–H and O–H groups in total. The number of halogens is 1. The lowest BCUT2D eigenvalue weighted by molar-refractivity contribution is 0.0764. The van der Waals surface area contributed by atoms with Gasteiger partial charge in [-0.2, -0.15) is 0 Å². The zero-order valence-corrected chi connectivity index (χ0v) is 10.1. The normalized spacial score (nSPS) is 20.1. The van der Waals surface area contributed by atoms with Gasteiger partial charge in [0.15, 0.2) is 0 Å². The van der Waals surface area contributed by atoms with Crippen LogP contribution < -0.4 is 0 Å². The quantitative estimate of drug-likeness (QED) is 0.819. The van der Waals surface area contributed by atoms with Crippen LogP contribution in [0.4, 0.5) is 0 Å². The maximum Gasteiger partial charge on any atom is 0.254 e. The van der Waals surface area contributed by atoms with Crippen molar-refractivity contribution in [3.05, 3.63) is 28.2 Å². The van der Waals surface area contributed by atoms with Gasteiger partial charge in [0, 0.05) is 18.7 Å². The number of aromatic hydroxyl groups is 1. The molecule has 1 atom stereocenters. The fourth-order valence-electron chi connectivity index (χ4n) is 1.75. The smallest absolute Gasteiger partial charge is 0.254 e. The van der Waals surface area contributed by atoms with Crippen LogP contribution in [0.3, 0.4) is 0 Å². The second kappa shape index (κ2) is 4.43. The van der Waals surface area contributed by atoms with Crippen LogP contribution in [0.15, 0.2) is 22.7 Å². The molecule has 0 bridgehead atoms. The first kappa shape index (κ1) is 11.4. The van der Waals surface area contributed by atoms with Gasteiger partial charge in [-0.1, -0.05) is 0 Å². The number of amides is 1. The van der Waals surface area contributed by atoms with E-state index in [4.69, 9.17) is 0 Å². The summed E-state index contributed by atoms with van der Waals surface area (Å²) in [6, 6.07) is 4.71. The molecule has 1 fully saturated rings. The fourth-order valence-corrected chi connectivity index (χ4v) is 2.00. The molecule has 1 aliphatic heterocycles. The molecule has 1 heterocycles. The van der Waals surface area contributed by atoms with Gasteiger partial charge < -0.3 is 15.1 Å². The Balaban J connectivity index is 2.18. The number of aliphatic hydroxyl groups excluding tert-OH is 1. The molecule has 0 aromatic heterocycles. The van der Waals surface area contributed by atoms with Crippen LogP contribution in [0.25, 0.3) is 0 Å². The average molecular weight is 286 g/mol. The van der Waals surface area contributed by atoms with Crippen molar-refractivity contribution < 1.29 is 15.0 Å². The molecular weight excluding hydrogens is 274 g/mol. The minimum atomic E-state index is -0.423. The van der Waals surface area contributed by atoms with Crippen LogP contribution in [-0.2, 0) is 0 Å². The number of nitrogens with zero attached hydrogens (tertiary/aromatic N) is 1. The summed E-state index contributed by atoms with van der Waals surface area (Å²) in [6.45, 7) is 0.937. The Hall–Kier alpha value is -1.07. The minimum Gasteiger partial charge on any atom is -0.507 e. The van der Waals surface area contributed by atoms with Crippen LogP contribution in [0, 0.1) is 0 Å². The first-order chi connectivity index (χ1) is 7.58. The Labute approximate surface area is 102 Å². The first-order valence-electron chi connectivity index (χ1n) is 5.04. The van der Waals surface area contributed by atoms with E-state index in [0.29, 0.717) is 29.5 Å². The number of hydrogen-bond donors (Lipinski definition) is 2. The molecule has 1 aromatic rings. The van der Waals surface area contributed by atoms with Gasteiger partial charge in [0.1, 0.15) is 5.75 Å². The summed E-state index contributed by atoms with van der Waals surface area (Å²) >= 11 is 3.16. The number of carbonyl (C=O) groups is 1. The standard InChI is InChI=1S/C11H12BrNO3/c12-9-2-1-7(5-10(9)15)11(16)13-4-3-8(14)6-13/h1-2,5,8,14-15H,3-4,6H2/t8-/m0/s1. The van der Waals surface area contributed by atoms with E-state index in [2.05, 4.69) is 15.9 Å². The number of hydrogen-bond acceptors (Lipinski definition) is 3. The van der Waals surface area contributed by atoms with Gasteiger partial charge in [0.2, 0.25) is 0 Å². The van der Waals surface area contributed by atoms with E-state index < -0.39 is 6.10 Å². The van der Waals surface area contributed by atoms with Crippen molar-refractivity contribution in [2.45, 2.75) is 12.5 Å². The second-order valence-corrected chi connectivity index (χ2v) is 4.71. The first-order valence-corrected chi connectivity index (χ1v) is 5.83. The molecule has 1 aromatic carbocycles. The predicted molar refractivity (Wildman–Crippen MR) is 62.3 cm³/mol. The number of aliphatic hydroxyl groups is 1. The maximum absolute atomic E-state index is 11.9. The molecule has 0 radical (unpaired) electrons. The van der Waals surface area contributed by atoms with Crippen molar-refractivity contribution in [1.82, 2.24) is 4.90 Å². The van der Waals surface area contributed by atoms with Gasteiger partial charge in [-0.25, -0.2) is 0 Å². The molecule has 5 heteroatoms. The highest BCUT2D eigenvalue weighted by atomic mass is 79.9. The molecule has 16 heavy (non-hydrogen) atoms. The molecule has 1 saturated heterocycles. The zero-order chi connectivity index (χ0) is 11.7. The van der Waals surface area contributed by atoms with E-state index in [9.17, 15) is 15.0 Å². The number of phenolic OH excluding ortho intramolecular Hbond substituents is 1. The van der Waals surface area contributed by atoms with Crippen LogP contribution in [0.1, 0.15) is 16.8 Å². The van der Waals surface area contributed by atoms with Crippen LogP contribution in [-0.4, -0.2) is 40.2 Å². The lowest BCUT2D eigenvalue weighted by Crippen LogP contribution is -2.29. The highest BCUT2D eigenvalue weighted by Gasteiger charge is 2.25. The number of carbonyl (C=O) groups excluding carboxylic acids is 1. The lowest BCUT2D eigenvalue weighted by Gasteiger charge is -2.15. The van der Waals surface area contributed by atoms with Gasteiger partial charge in [-0.3, -0.25) is 4.79 Å². The van der Waals surface area contributed by atoms with Gasteiger partial charge in [-0.15, -0.1) is 0 Å². The SMILES string of the molecule is O=C(c1ccc(Br)c(O)c1)N1CC[C@H](O)C1. The molecule has 1 aliphatic rings. The third-order valence-electron chi connectivity index (χ3n) is 2.64. The highest BCUT2D eigenvalue weighted by molar-refractivity contribution is 9.10. The van der Waals surface area contributed by atoms with Gasteiger partial charge >= 0.3 is 0 Å². The van der Waals surface area contributed by atoms with Crippen LogP contribution in [0.5, 0.6) is 5.75 Å². The number of rotatable bonds is 1. The topological polar surface area (TPSA) is 60.8 Å². The summed E-state index contributed by atoms with van der Waals surface area (Å²) in [5.41, 5.74) is 0.440. The summed E-state index contributed by atoms with van der Waals surface area (Å²) in [5.74, 6) is -0.107. The molecule has 0 saturated carbocycles.